The lowest BCUT2D eigenvalue weighted by atomic mass is 10.2. The summed E-state index contributed by atoms with van der Waals surface area (Å²) >= 11 is 0. The van der Waals surface area contributed by atoms with Crippen LogP contribution in [0.3, 0.4) is 0 Å². The second-order valence-corrected chi connectivity index (χ2v) is 4.66. The van der Waals surface area contributed by atoms with Crippen LogP contribution in [0.5, 0.6) is 0 Å². The fourth-order valence-electron chi connectivity index (χ4n) is 2.20. The Labute approximate surface area is 108 Å². The Morgan fingerprint density at radius 3 is 2.78 bits per heavy atom. The average Bonchev–Trinajstić information content (AvgIpc) is 2.85. The number of nitrogen functional groups attached to an aromatic ring is 1. The maximum atomic E-state index is 11.7. The molecule has 0 aromatic heterocycles. The number of benzene rings is 1. The monoisotopic (exact) mass is 248 g/mol. The molecule has 0 heterocycles. The highest BCUT2D eigenvalue weighted by Gasteiger charge is 2.15. The number of hydrogen-bond acceptors (Lipinski definition) is 3. The molecule has 4 heteroatoms. The Morgan fingerprint density at radius 1 is 1.33 bits per heavy atom. The zero-order chi connectivity index (χ0) is 12.8. The summed E-state index contributed by atoms with van der Waals surface area (Å²) < 4.78 is 5.65. The molecule has 0 aliphatic heterocycles. The van der Waals surface area contributed by atoms with Crippen LogP contribution in [0.15, 0.2) is 24.3 Å². The van der Waals surface area contributed by atoms with Crippen LogP contribution in [0.25, 0.3) is 0 Å². The number of hydrogen-bond donors (Lipinski definition) is 2. The summed E-state index contributed by atoms with van der Waals surface area (Å²) in [6.45, 7) is 0.489. The molecule has 3 N–H and O–H groups in total. The first-order valence-electron chi connectivity index (χ1n) is 6.51. The molecular weight excluding hydrogens is 228 g/mol. The van der Waals surface area contributed by atoms with Gasteiger partial charge >= 0.3 is 0 Å². The minimum atomic E-state index is -0.0501. The number of amides is 1. The van der Waals surface area contributed by atoms with Gasteiger partial charge in [0.2, 0.25) is 5.91 Å². The van der Waals surface area contributed by atoms with Crippen LogP contribution in [-0.2, 0) is 9.53 Å². The summed E-state index contributed by atoms with van der Waals surface area (Å²) in [6, 6.07) is 7.25. The van der Waals surface area contributed by atoms with Crippen molar-refractivity contribution in [3.63, 3.8) is 0 Å². The molecule has 1 saturated carbocycles. The number of ether oxygens (including phenoxy) is 1. The van der Waals surface area contributed by atoms with E-state index in [4.69, 9.17) is 10.5 Å². The van der Waals surface area contributed by atoms with Gasteiger partial charge in [-0.1, -0.05) is 25.0 Å². The van der Waals surface area contributed by atoms with Crippen molar-refractivity contribution in [1.82, 2.24) is 0 Å². The largest absolute Gasteiger partial charge is 0.397 e. The van der Waals surface area contributed by atoms with E-state index >= 15 is 0 Å². The van der Waals surface area contributed by atoms with Gasteiger partial charge in [0.05, 0.1) is 30.5 Å². The highest BCUT2D eigenvalue weighted by molar-refractivity contribution is 5.93. The molecule has 0 unspecified atom stereocenters. The fourth-order valence-corrected chi connectivity index (χ4v) is 2.20. The van der Waals surface area contributed by atoms with Gasteiger partial charge in [-0.25, -0.2) is 0 Å². The van der Waals surface area contributed by atoms with Gasteiger partial charge in [0, 0.05) is 0 Å². The zero-order valence-electron chi connectivity index (χ0n) is 10.5. The first kappa shape index (κ1) is 12.9. The van der Waals surface area contributed by atoms with Crippen molar-refractivity contribution in [3.05, 3.63) is 24.3 Å². The number of carbonyl (C=O) groups is 1. The molecule has 1 aliphatic rings. The third-order valence-corrected chi connectivity index (χ3v) is 3.22. The fraction of sp³-hybridized carbons (Fsp3) is 0.500. The van der Waals surface area contributed by atoms with Gasteiger partial charge in [-0.3, -0.25) is 4.79 Å². The number of nitrogens with one attached hydrogen (secondary N) is 1. The van der Waals surface area contributed by atoms with Crippen molar-refractivity contribution in [1.29, 1.82) is 0 Å². The van der Waals surface area contributed by atoms with Crippen molar-refractivity contribution < 1.29 is 9.53 Å². The Morgan fingerprint density at radius 2 is 2.06 bits per heavy atom. The van der Waals surface area contributed by atoms with Crippen LogP contribution in [-0.4, -0.2) is 18.6 Å². The molecule has 1 fully saturated rings. The quantitative estimate of drug-likeness (QED) is 0.787. The van der Waals surface area contributed by atoms with Gasteiger partial charge in [-0.05, 0) is 25.0 Å². The minimum absolute atomic E-state index is 0.0501. The van der Waals surface area contributed by atoms with E-state index in [0.717, 1.165) is 12.8 Å². The van der Waals surface area contributed by atoms with E-state index in [1.807, 2.05) is 12.1 Å². The van der Waals surface area contributed by atoms with Gasteiger partial charge in [0.15, 0.2) is 0 Å². The third-order valence-electron chi connectivity index (χ3n) is 3.22. The van der Waals surface area contributed by atoms with Gasteiger partial charge in [-0.2, -0.15) is 0 Å². The van der Waals surface area contributed by atoms with Crippen molar-refractivity contribution in [3.8, 4) is 0 Å². The van der Waals surface area contributed by atoms with Crippen LogP contribution in [0.2, 0.25) is 0 Å². The summed E-state index contributed by atoms with van der Waals surface area (Å²) in [5, 5.41) is 2.79. The summed E-state index contributed by atoms with van der Waals surface area (Å²) in [7, 11) is 0. The van der Waals surface area contributed by atoms with Crippen LogP contribution >= 0.6 is 0 Å². The zero-order valence-corrected chi connectivity index (χ0v) is 10.5. The molecule has 18 heavy (non-hydrogen) atoms. The van der Waals surface area contributed by atoms with E-state index in [2.05, 4.69) is 5.32 Å². The highest BCUT2D eigenvalue weighted by Crippen LogP contribution is 2.21. The molecule has 0 bridgehead atoms. The lowest BCUT2D eigenvalue weighted by Gasteiger charge is -2.11. The van der Waals surface area contributed by atoms with Gasteiger partial charge in [0.1, 0.15) is 0 Å². The number of rotatable bonds is 5. The summed E-state index contributed by atoms with van der Waals surface area (Å²) in [4.78, 5) is 11.7. The number of carbonyl (C=O) groups excluding carboxylic acids is 1. The highest BCUT2D eigenvalue weighted by atomic mass is 16.5. The smallest absolute Gasteiger partial charge is 0.226 e. The Balaban J connectivity index is 1.70. The van der Waals surface area contributed by atoms with Crippen LogP contribution in [0.4, 0.5) is 11.4 Å². The molecule has 0 atom stereocenters. The molecule has 1 amide bonds. The molecule has 98 valence electrons. The normalized spacial score (nSPS) is 15.8. The molecule has 2 rings (SSSR count). The Kier molecular flexibility index (Phi) is 4.59. The molecular formula is C14H20N2O2. The summed E-state index contributed by atoms with van der Waals surface area (Å²) in [5.41, 5.74) is 7.01. The minimum Gasteiger partial charge on any atom is -0.397 e. The van der Waals surface area contributed by atoms with Crippen molar-refractivity contribution >= 4 is 17.3 Å². The topological polar surface area (TPSA) is 64.3 Å². The predicted molar refractivity (Wildman–Crippen MR) is 72.3 cm³/mol. The predicted octanol–water partition coefficient (Wildman–Crippen LogP) is 2.56. The van der Waals surface area contributed by atoms with Crippen molar-refractivity contribution in [2.75, 3.05) is 17.7 Å². The first-order chi connectivity index (χ1) is 8.75. The molecule has 0 radical (unpaired) electrons. The van der Waals surface area contributed by atoms with Crippen LogP contribution in [0.1, 0.15) is 32.1 Å². The average molecular weight is 248 g/mol. The molecule has 1 aliphatic carbocycles. The second-order valence-electron chi connectivity index (χ2n) is 4.66. The molecule has 0 spiro atoms. The maximum absolute atomic E-state index is 11.7. The number of anilines is 2. The third kappa shape index (κ3) is 3.74. The maximum Gasteiger partial charge on any atom is 0.226 e. The first-order valence-corrected chi connectivity index (χ1v) is 6.51. The summed E-state index contributed by atoms with van der Waals surface area (Å²) in [5.74, 6) is -0.0501. The molecule has 1 aromatic rings. The van der Waals surface area contributed by atoms with E-state index in [-0.39, 0.29) is 5.91 Å². The van der Waals surface area contributed by atoms with Gasteiger partial charge < -0.3 is 15.8 Å². The van der Waals surface area contributed by atoms with Crippen LogP contribution in [0, 0.1) is 0 Å². The number of nitrogens with two attached hydrogens (primary N) is 1. The van der Waals surface area contributed by atoms with E-state index in [0.29, 0.717) is 30.5 Å². The van der Waals surface area contributed by atoms with E-state index in [9.17, 15) is 4.79 Å². The Bertz CT molecular complexity index is 401. The summed E-state index contributed by atoms with van der Waals surface area (Å²) in [6.07, 6.45) is 5.50. The standard InChI is InChI=1S/C14H20N2O2/c15-12-7-3-4-8-13(12)16-14(17)9-10-18-11-5-1-2-6-11/h3-4,7-8,11H,1-2,5-6,9-10,15H2,(H,16,17). The van der Waals surface area contributed by atoms with Gasteiger partial charge in [-0.15, -0.1) is 0 Å². The lowest BCUT2D eigenvalue weighted by molar-refractivity contribution is -0.117. The van der Waals surface area contributed by atoms with Gasteiger partial charge in [0.25, 0.3) is 0 Å². The molecule has 4 nitrogen and oxygen atoms in total. The van der Waals surface area contributed by atoms with E-state index in [1.54, 1.807) is 12.1 Å². The number of para-hydroxylation sites is 2. The van der Waals surface area contributed by atoms with Crippen molar-refractivity contribution in [2.24, 2.45) is 0 Å². The molecule has 0 saturated heterocycles. The van der Waals surface area contributed by atoms with Crippen molar-refractivity contribution in [2.45, 2.75) is 38.2 Å². The van der Waals surface area contributed by atoms with E-state index in [1.165, 1.54) is 12.8 Å². The van der Waals surface area contributed by atoms with Crippen LogP contribution < -0.4 is 11.1 Å². The second kappa shape index (κ2) is 6.40. The lowest BCUT2D eigenvalue weighted by Crippen LogP contribution is -2.17. The SMILES string of the molecule is Nc1ccccc1NC(=O)CCOC1CCCC1. The molecule has 1 aromatic carbocycles. The Hall–Kier alpha value is -1.55. The van der Waals surface area contributed by atoms with E-state index < -0.39 is 0 Å².